The zero-order chi connectivity index (χ0) is 31.1. The fourth-order valence-electron chi connectivity index (χ4n) is 6.10. The van der Waals surface area contributed by atoms with Crippen molar-refractivity contribution in [1.29, 1.82) is 0 Å². The predicted molar refractivity (Wildman–Crippen MR) is 150 cm³/mol. The molecule has 17 nitrogen and oxygen atoms in total. The molecule has 2 saturated heterocycles. The summed E-state index contributed by atoms with van der Waals surface area (Å²) >= 11 is 4.55. The van der Waals surface area contributed by atoms with Gasteiger partial charge in [0.2, 0.25) is 0 Å². The van der Waals surface area contributed by atoms with Gasteiger partial charge in [0.1, 0.15) is 29.9 Å². The molecule has 4 aromatic heterocycles. The van der Waals surface area contributed by atoms with Gasteiger partial charge < -0.3 is 33.2 Å². The second-order valence-electron chi connectivity index (χ2n) is 11.1. The Balaban J connectivity index is 1.19. The number of fused-ring (bicyclic) bond motifs is 5. The van der Waals surface area contributed by atoms with E-state index in [0.29, 0.717) is 0 Å². The zero-order valence-corrected chi connectivity index (χ0v) is 25.0. The van der Waals surface area contributed by atoms with E-state index < -0.39 is 67.8 Å². The summed E-state index contributed by atoms with van der Waals surface area (Å²) in [6.45, 7) is 0. The van der Waals surface area contributed by atoms with Crippen molar-refractivity contribution in [2.75, 3.05) is 0 Å². The Bertz CT molecular complexity index is 1920. The van der Waals surface area contributed by atoms with Gasteiger partial charge in [0.15, 0.2) is 34.7 Å². The van der Waals surface area contributed by atoms with Crippen molar-refractivity contribution in [3.05, 3.63) is 46.0 Å². The number of imidazole rings is 2. The number of halogens is 1. The quantitative estimate of drug-likeness (QED) is 0.195. The van der Waals surface area contributed by atoms with Crippen molar-refractivity contribution in [2.24, 2.45) is 14.1 Å². The lowest BCUT2D eigenvalue weighted by Gasteiger charge is -2.29. The third-order valence-corrected chi connectivity index (χ3v) is 9.72. The minimum Gasteiger partial charge on any atom is -0.388 e. The third kappa shape index (κ3) is 4.82. The zero-order valence-electron chi connectivity index (χ0n) is 23.2. The number of phosphoric acid groups is 1. The lowest BCUT2D eigenvalue weighted by Crippen LogP contribution is -2.38. The molecule has 3 aliphatic rings. The number of hydrogen-bond donors (Lipinski definition) is 3. The van der Waals surface area contributed by atoms with E-state index >= 15 is 4.39 Å². The number of nitrogens with zero attached hydrogens (tertiary/aromatic N) is 8. The highest BCUT2D eigenvalue weighted by atomic mass is 32.1. The van der Waals surface area contributed by atoms with Gasteiger partial charge in [-0.25, -0.2) is 28.9 Å². The molecule has 7 rings (SSSR count). The molecule has 6 heterocycles. The summed E-state index contributed by atoms with van der Waals surface area (Å²) in [5, 5.41) is 11.2. The highest BCUT2D eigenvalue weighted by molar-refractivity contribution is 7.80. The maximum Gasteiger partial charge on any atom is 0.473 e. The number of rotatable bonds is 2. The molecule has 10 atom stereocenters. The number of ether oxygens (including phenoxy) is 2. The van der Waals surface area contributed by atoms with Crippen LogP contribution >= 0.6 is 20.5 Å². The van der Waals surface area contributed by atoms with E-state index in [2.05, 4.69) is 32.6 Å². The van der Waals surface area contributed by atoms with Crippen LogP contribution in [-0.2, 0) is 37.2 Å². The molecule has 0 amide bonds. The fraction of sp³-hybridized carbons (Fsp3) is 0.583. The molecule has 4 aromatic rings. The minimum atomic E-state index is -5.02. The summed E-state index contributed by atoms with van der Waals surface area (Å²) in [5.74, 6) is 0. The third-order valence-electron chi connectivity index (χ3n) is 8.29. The van der Waals surface area contributed by atoms with Crippen molar-refractivity contribution >= 4 is 42.8 Å². The Morgan fingerprint density at radius 2 is 1.50 bits per heavy atom. The standard InChI is InChI=1S/C24H28FN8O9PS/c1-30-6-28-20-15(22(30)35)26-8-32(20)10-5-12-17(34)18(10)40-13(44)4-3-11-19(42-43(37,38)41-12)14(25)24(39-11)33-9-27-16-21(33)29-7-31(2)23(16)36/h6-14,17-19,24,34,44H,3-5H2,1-2H3,(H,37,38)/t10-,11-,12+,13?,14-,17-,18+,19-,24-/m1/s1. The van der Waals surface area contributed by atoms with Crippen molar-refractivity contribution in [3.8, 4) is 0 Å². The summed E-state index contributed by atoms with van der Waals surface area (Å²) < 4.78 is 57.6. The molecular weight excluding hydrogens is 626 g/mol. The van der Waals surface area contributed by atoms with Crippen LogP contribution in [0.3, 0.4) is 0 Å². The van der Waals surface area contributed by atoms with Gasteiger partial charge in [0, 0.05) is 20.5 Å². The van der Waals surface area contributed by atoms with E-state index in [9.17, 15) is 24.2 Å². The van der Waals surface area contributed by atoms with Gasteiger partial charge >= 0.3 is 7.82 Å². The first-order valence-corrected chi connectivity index (χ1v) is 15.7. The van der Waals surface area contributed by atoms with Gasteiger partial charge in [-0.15, -0.1) is 12.6 Å². The SMILES string of the molecule is Cn1cnc2c(ncn2[C@@H]2C[C@@H]3OP(=O)(O)O[C@H]4[C@@H](F)[C@H](n5cnc6c(=O)n(C)cnc65)O[C@@H]4CCC(S)O[C@@H]2[C@@H]3O)c1=O. The number of phosphoric ester groups is 1. The van der Waals surface area contributed by atoms with Gasteiger partial charge in [0.05, 0.1) is 37.5 Å². The number of thiol groups is 1. The van der Waals surface area contributed by atoms with E-state index in [-0.39, 0.29) is 47.1 Å². The van der Waals surface area contributed by atoms with Crippen LogP contribution in [0.25, 0.3) is 22.3 Å². The van der Waals surface area contributed by atoms with Gasteiger partial charge in [0.25, 0.3) is 11.1 Å². The van der Waals surface area contributed by atoms with Gasteiger partial charge in [-0.2, -0.15) is 0 Å². The normalized spacial score (nSPS) is 36.4. The first kappa shape index (κ1) is 29.7. The predicted octanol–water partition coefficient (Wildman–Crippen LogP) is 0.120. The maximum atomic E-state index is 16.0. The highest BCUT2D eigenvalue weighted by Gasteiger charge is 2.54. The second-order valence-corrected chi connectivity index (χ2v) is 13.0. The number of aliphatic hydroxyl groups excluding tert-OH is 1. The smallest absolute Gasteiger partial charge is 0.388 e. The van der Waals surface area contributed by atoms with Crippen LogP contribution in [0.5, 0.6) is 0 Å². The monoisotopic (exact) mass is 654 g/mol. The summed E-state index contributed by atoms with van der Waals surface area (Å²) in [6.07, 6.45) is -4.41. The Kier molecular flexibility index (Phi) is 7.28. The van der Waals surface area contributed by atoms with Crippen LogP contribution in [0.15, 0.2) is 34.9 Å². The lowest BCUT2D eigenvalue weighted by molar-refractivity contribution is -0.0849. The molecule has 2 unspecified atom stereocenters. The van der Waals surface area contributed by atoms with E-state index in [0.717, 1.165) is 0 Å². The Hall–Kier alpha value is -3.03. The number of aromatic nitrogens is 8. The first-order valence-electron chi connectivity index (χ1n) is 13.7. The Morgan fingerprint density at radius 3 is 2.16 bits per heavy atom. The van der Waals surface area contributed by atoms with Crippen molar-refractivity contribution < 1.29 is 37.5 Å². The number of aryl methyl sites for hydroxylation is 2. The maximum absolute atomic E-state index is 16.0. The molecule has 2 bridgehead atoms. The molecule has 0 radical (unpaired) electrons. The largest absolute Gasteiger partial charge is 0.473 e. The molecule has 1 saturated carbocycles. The van der Waals surface area contributed by atoms with Crippen molar-refractivity contribution in [1.82, 2.24) is 38.2 Å². The van der Waals surface area contributed by atoms with Gasteiger partial charge in [-0.05, 0) is 12.8 Å². The van der Waals surface area contributed by atoms with E-state index in [1.807, 2.05) is 0 Å². The molecule has 1 aliphatic carbocycles. The van der Waals surface area contributed by atoms with Crippen LogP contribution in [0.2, 0.25) is 0 Å². The van der Waals surface area contributed by atoms with Gasteiger partial charge in [-0.1, -0.05) is 0 Å². The van der Waals surface area contributed by atoms with E-state index in [1.165, 1.54) is 53.1 Å². The molecule has 20 heteroatoms. The average molecular weight is 655 g/mol. The number of aliphatic hydroxyl groups is 1. The molecule has 236 valence electrons. The average Bonchev–Trinajstić information content (AvgIpc) is 3.73. The molecular formula is C24H28FN8O9PS. The number of hydrogen-bond acceptors (Lipinski definition) is 13. The van der Waals surface area contributed by atoms with Crippen molar-refractivity contribution in [3.63, 3.8) is 0 Å². The molecule has 2 N–H and O–H groups in total. The Morgan fingerprint density at radius 1 is 0.886 bits per heavy atom. The topological polar surface area (TPSA) is 200 Å². The molecule has 0 spiro atoms. The summed E-state index contributed by atoms with van der Waals surface area (Å²) in [7, 11) is -1.98. The highest BCUT2D eigenvalue weighted by Crippen LogP contribution is 2.54. The summed E-state index contributed by atoms with van der Waals surface area (Å²) in [5.41, 5.74) is -1.22. The van der Waals surface area contributed by atoms with Crippen molar-refractivity contribution in [2.45, 2.75) is 73.7 Å². The molecule has 3 fully saturated rings. The second kappa shape index (κ2) is 10.8. The minimum absolute atomic E-state index is 0.00148. The van der Waals surface area contributed by atoms with Crippen LogP contribution in [0.4, 0.5) is 4.39 Å². The van der Waals surface area contributed by atoms with Crippen LogP contribution in [0.1, 0.15) is 31.5 Å². The van der Waals surface area contributed by atoms with E-state index in [4.69, 9.17) is 18.5 Å². The van der Waals surface area contributed by atoms with Crippen LogP contribution < -0.4 is 11.1 Å². The number of alkyl halides is 1. The first-order chi connectivity index (χ1) is 20.9. The fourth-order valence-corrected chi connectivity index (χ4v) is 7.55. The molecule has 0 aromatic carbocycles. The van der Waals surface area contributed by atoms with Crippen LogP contribution in [0, 0.1) is 0 Å². The molecule has 2 aliphatic heterocycles. The summed E-state index contributed by atoms with van der Waals surface area (Å²) in [4.78, 5) is 52.5. The summed E-state index contributed by atoms with van der Waals surface area (Å²) in [6, 6.07) is -0.723. The van der Waals surface area contributed by atoms with E-state index in [1.54, 1.807) is 4.57 Å². The van der Waals surface area contributed by atoms with Crippen LogP contribution in [-0.4, -0.2) is 90.3 Å². The molecule has 44 heavy (non-hydrogen) atoms. The van der Waals surface area contributed by atoms with Gasteiger partial charge in [-0.3, -0.25) is 23.2 Å². The lowest BCUT2D eigenvalue weighted by atomic mass is 10.1. The Labute approximate surface area is 252 Å².